The van der Waals surface area contributed by atoms with E-state index in [-0.39, 0.29) is 5.69 Å². The Morgan fingerprint density at radius 1 is 1.40 bits per heavy atom. The fourth-order valence-electron chi connectivity index (χ4n) is 1.43. The summed E-state index contributed by atoms with van der Waals surface area (Å²) in [5.74, 6) is -2.57. The topological polar surface area (TPSA) is 85.4 Å². The van der Waals surface area contributed by atoms with Crippen molar-refractivity contribution in [3.63, 3.8) is 0 Å². The second kappa shape index (κ2) is 5.99. The van der Waals surface area contributed by atoms with Crippen molar-refractivity contribution in [2.45, 2.75) is 25.8 Å². The molecule has 1 heterocycles. The minimum absolute atomic E-state index is 0.384. The summed E-state index contributed by atoms with van der Waals surface area (Å²) in [5.41, 5.74) is 3.32. The zero-order valence-electron chi connectivity index (χ0n) is 9.75. The lowest BCUT2D eigenvalue weighted by atomic mass is 10.1. The van der Waals surface area contributed by atoms with Crippen LogP contribution in [0.5, 0.6) is 5.75 Å². The second-order valence-electron chi connectivity index (χ2n) is 3.59. The van der Waals surface area contributed by atoms with E-state index in [1.54, 1.807) is 0 Å². The minimum atomic E-state index is -5.15. The Morgan fingerprint density at radius 2 is 2.00 bits per heavy atom. The number of nitrogens with two attached hydrogens (primary N) is 1. The maximum absolute atomic E-state index is 12.7. The third kappa shape index (κ3) is 4.30. The van der Waals surface area contributed by atoms with E-state index in [9.17, 15) is 26.7 Å². The van der Waals surface area contributed by atoms with Crippen molar-refractivity contribution in [3.8, 4) is 5.75 Å². The molecule has 0 radical (unpaired) electrons. The van der Waals surface area contributed by atoms with Gasteiger partial charge < -0.3 is 15.6 Å². The van der Waals surface area contributed by atoms with Crippen molar-refractivity contribution in [3.05, 3.63) is 23.0 Å². The van der Waals surface area contributed by atoms with E-state index >= 15 is 0 Å². The molecule has 20 heavy (non-hydrogen) atoms. The van der Waals surface area contributed by atoms with Gasteiger partial charge in [-0.25, -0.2) is 8.78 Å². The molecule has 0 saturated heterocycles. The molecule has 3 N–H and O–H groups in total. The molecule has 10 heteroatoms. The van der Waals surface area contributed by atoms with Crippen LogP contribution in [0.1, 0.15) is 23.4 Å². The molecule has 0 amide bonds. The normalized spacial score (nSPS) is 11.8. The van der Waals surface area contributed by atoms with E-state index in [0.717, 1.165) is 0 Å². The van der Waals surface area contributed by atoms with Gasteiger partial charge in [0.1, 0.15) is 0 Å². The maximum atomic E-state index is 12.7. The van der Waals surface area contributed by atoms with Gasteiger partial charge in [0.05, 0.1) is 17.8 Å². The van der Waals surface area contributed by atoms with Gasteiger partial charge in [0.15, 0.2) is 5.75 Å². The van der Waals surface area contributed by atoms with Crippen LogP contribution in [0, 0.1) is 0 Å². The summed E-state index contributed by atoms with van der Waals surface area (Å²) in [7, 11) is 0. The molecule has 0 aromatic carbocycles. The van der Waals surface area contributed by atoms with Gasteiger partial charge in [-0.3, -0.25) is 9.78 Å². The molecule has 0 fully saturated rings. The fraction of sp³-hybridized carbons (Fsp3) is 0.400. The van der Waals surface area contributed by atoms with Gasteiger partial charge in [-0.05, 0) is 6.07 Å². The van der Waals surface area contributed by atoms with E-state index in [1.165, 1.54) is 0 Å². The molecule has 0 atom stereocenters. The number of hydrogen-bond acceptors (Lipinski definition) is 4. The average molecular weight is 300 g/mol. The van der Waals surface area contributed by atoms with Crippen LogP contribution in [0.2, 0.25) is 0 Å². The average Bonchev–Trinajstić information content (AvgIpc) is 2.27. The van der Waals surface area contributed by atoms with Crippen LogP contribution < -0.4 is 10.5 Å². The van der Waals surface area contributed by atoms with Crippen LogP contribution in [0.25, 0.3) is 0 Å². The van der Waals surface area contributed by atoms with Crippen molar-refractivity contribution in [2.75, 3.05) is 0 Å². The number of aliphatic carboxylic acids is 1. The molecule has 0 aliphatic rings. The molecular formula is C10H9F5N2O3. The van der Waals surface area contributed by atoms with Crippen LogP contribution in [-0.2, 0) is 17.8 Å². The predicted molar refractivity (Wildman–Crippen MR) is 55.1 cm³/mol. The first-order valence-electron chi connectivity index (χ1n) is 5.12. The molecule has 1 aromatic heterocycles. The van der Waals surface area contributed by atoms with Gasteiger partial charge in [-0.1, -0.05) is 0 Å². The van der Waals surface area contributed by atoms with E-state index in [1.807, 2.05) is 0 Å². The van der Waals surface area contributed by atoms with Crippen LogP contribution in [-0.4, -0.2) is 22.4 Å². The van der Waals surface area contributed by atoms with Crippen LogP contribution in [0.15, 0.2) is 6.07 Å². The first kappa shape index (κ1) is 16.1. The molecule has 0 bridgehead atoms. The molecule has 0 saturated carbocycles. The SMILES string of the molecule is NCc1nc(CC(=O)O)c(OC(F)(F)F)cc1C(F)F. The molecule has 112 valence electrons. The Hall–Kier alpha value is -1.97. The predicted octanol–water partition coefficient (Wildman–Crippen LogP) is 2.00. The van der Waals surface area contributed by atoms with Gasteiger partial charge >= 0.3 is 12.3 Å². The lowest BCUT2D eigenvalue weighted by Gasteiger charge is -2.15. The Bertz CT molecular complexity index is 504. The molecule has 1 rings (SSSR count). The second-order valence-corrected chi connectivity index (χ2v) is 3.59. The van der Waals surface area contributed by atoms with Crippen molar-refractivity contribution in [1.29, 1.82) is 0 Å². The van der Waals surface area contributed by atoms with Crippen molar-refractivity contribution in [1.82, 2.24) is 4.98 Å². The van der Waals surface area contributed by atoms with Gasteiger partial charge in [0.2, 0.25) is 0 Å². The number of alkyl halides is 5. The molecule has 0 aliphatic heterocycles. The summed E-state index contributed by atoms with van der Waals surface area (Å²) in [5, 5.41) is 8.58. The van der Waals surface area contributed by atoms with E-state index in [2.05, 4.69) is 9.72 Å². The molecule has 5 nitrogen and oxygen atoms in total. The Kier molecular flexibility index (Phi) is 4.82. The number of rotatable bonds is 5. The first-order valence-corrected chi connectivity index (χ1v) is 5.12. The maximum Gasteiger partial charge on any atom is 0.573 e. The highest BCUT2D eigenvalue weighted by Crippen LogP contribution is 2.31. The number of pyridine rings is 1. The largest absolute Gasteiger partial charge is 0.573 e. The lowest BCUT2D eigenvalue weighted by Crippen LogP contribution is -2.20. The van der Waals surface area contributed by atoms with Gasteiger partial charge in [0, 0.05) is 12.1 Å². The number of nitrogens with zero attached hydrogens (tertiary/aromatic N) is 1. The van der Waals surface area contributed by atoms with Gasteiger partial charge in [0.25, 0.3) is 6.43 Å². The van der Waals surface area contributed by atoms with Crippen molar-refractivity contribution >= 4 is 5.97 Å². The number of carbonyl (C=O) groups is 1. The van der Waals surface area contributed by atoms with Crippen LogP contribution >= 0.6 is 0 Å². The first-order chi connectivity index (χ1) is 9.14. The Labute approximate surface area is 109 Å². The molecule has 0 unspecified atom stereocenters. The highest BCUT2D eigenvalue weighted by Gasteiger charge is 2.33. The number of halogens is 5. The highest BCUT2D eigenvalue weighted by atomic mass is 19.4. The van der Waals surface area contributed by atoms with Gasteiger partial charge in [-0.15, -0.1) is 13.2 Å². The fourth-order valence-corrected chi connectivity index (χ4v) is 1.43. The van der Waals surface area contributed by atoms with Crippen LogP contribution in [0.4, 0.5) is 22.0 Å². The third-order valence-electron chi connectivity index (χ3n) is 2.15. The summed E-state index contributed by atoms with van der Waals surface area (Å²) in [6, 6.07) is 0.408. The summed E-state index contributed by atoms with van der Waals surface area (Å²) >= 11 is 0. The summed E-state index contributed by atoms with van der Waals surface area (Å²) in [6.45, 7) is -0.474. The number of carboxylic acids is 1. The number of carboxylic acid groups (broad SMARTS) is 1. The minimum Gasteiger partial charge on any atom is -0.481 e. The zero-order valence-corrected chi connectivity index (χ0v) is 9.75. The quantitative estimate of drug-likeness (QED) is 0.812. The van der Waals surface area contributed by atoms with E-state index < -0.39 is 48.7 Å². The number of aromatic nitrogens is 1. The molecule has 0 spiro atoms. The summed E-state index contributed by atoms with van der Waals surface area (Å²) in [4.78, 5) is 14.0. The molecule has 1 aromatic rings. The Balaban J connectivity index is 3.35. The molecular weight excluding hydrogens is 291 g/mol. The van der Waals surface area contributed by atoms with Crippen molar-refractivity contribution < 1.29 is 36.6 Å². The molecule has 0 aliphatic carbocycles. The lowest BCUT2D eigenvalue weighted by molar-refractivity contribution is -0.275. The van der Waals surface area contributed by atoms with Gasteiger partial charge in [-0.2, -0.15) is 0 Å². The third-order valence-corrected chi connectivity index (χ3v) is 2.15. The smallest absolute Gasteiger partial charge is 0.481 e. The highest BCUT2D eigenvalue weighted by molar-refractivity contribution is 5.70. The zero-order chi connectivity index (χ0) is 15.5. The van der Waals surface area contributed by atoms with E-state index in [4.69, 9.17) is 10.8 Å². The standard InChI is InChI=1S/C10H9F5N2O3/c11-9(12)4-1-7(20-10(13,14)15)5(2-8(18)19)17-6(4)3-16/h1,9H,2-3,16H2,(H,18,19). The Morgan fingerprint density at radius 3 is 2.40 bits per heavy atom. The number of ether oxygens (including phenoxy) is 1. The van der Waals surface area contributed by atoms with Crippen LogP contribution in [0.3, 0.4) is 0 Å². The van der Waals surface area contributed by atoms with E-state index in [0.29, 0.717) is 6.07 Å². The summed E-state index contributed by atoms with van der Waals surface area (Å²) in [6.07, 6.45) is -9.18. The monoisotopic (exact) mass is 300 g/mol. The summed E-state index contributed by atoms with van der Waals surface area (Å²) < 4.78 is 65.4. The number of hydrogen-bond donors (Lipinski definition) is 2. The van der Waals surface area contributed by atoms with Crippen molar-refractivity contribution in [2.24, 2.45) is 5.73 Å².